The Morgan fingerprint density at radius 1 is 1.58 bits per heavy atom. The smallest absolute Gasteiger partial charge is 0.272 e. The van der Waals surface area contributed by atoms with Crippen molar-refractivity contribution in [1.82, 2.24) is 0 Å². The largest absolute Gasteiger partial charge is 0.490 e. The van der Waals surface area contributed by atoms with Gasteiger partial charge in [0.05, 0.1) is 11.0 Å². The van der Waals surface area contributed by atoms with E-state index in [9.17, 15) is 15.2 Å². The lowest BCUT2D eigenvalue weighted by molar-refractivity contribution is -0.385. The second-order valence-electron chi connectivity index (χ2n) is 5.42. The van der Waals surface area contributed by atoms with E-state index in [0.29, 0.717) is 17.7 Å². The van der Waals surface area contributed by atoms with Crippen LogP contribution in [-0.2, 0) is 0 Å². The van der Waals surface area contributed by atoms with Crippen LogP contribution in [0.3, 0.4) is 0 Å². The zero-order valence-corrected chi connectivity index (χ0v) is 11.4. The summed E-state index contributed by atoms with van der Waals surface area (Å²) in [6, 6.07) is 4.76. The summed E-state index contributed by atoms with van der Waals surface area (Å²) in [5, 5.41) is 20.6. The molecule has 1 aromatic carbocycles. The van der Waals surface area contributed by atoms with E-state index in [2.05, 4.69) is 0 Å². The molecule has 0 aliphatic heterocycles. The van der Waals surface area contributed by atoms with E-state index in [1.165, 1.54) is 6.07 Å². The van der Waals surface area contributed by atoms with Gasteiger partial charge in [0.1, 0.15) is 11.9 Å². The van der Waals surface area contributed by atoms with Crippen molar-refractivity contribution in [1.29, 1.82) is 0 Å². The van der Waals surface area contributed by atoms with Crippen LogP contribution >= 0.6 is 0 Å². The highest BCUT2D eigenvalue weighted by atomic mass is 16.6. The summed E-state index contributed by atoms with van der Waals surface area (Å²) < 4.78 is 5.86. The number of aliphatic hydroxyl groups excluding tert-OH is 1. The molecule has 2 rings (SSSR count). The highest BCUT2D eigenvalue weighted by Crippen LogP contribution is 2.46. The van der Waals surface area contributed by atoms with E-state index < -0.39 is 4.92 Å². The van der Waals surface area contributed by atoms with Gasteiger partial charge in [-0.1, -0.05) is 13.8 Å². The van der Waals surface area contributed by atoms with Gasteiger partial charge in [-0.2, -0.15) is 0 Å². The highest BCUT2D eigenvalue weighted by Gasteiger charge is 2.51. The molecule has 0 saturated heterocycles. The van der Waals surface area contributed by atoms with Crippen molar-refractivity contribution in [3.8, 4) is 5.75 Å². The Kier molecular flexibility index (Phi) is 3.49. The molecule has 0 bridgehead atoms. The van der Waals surface area contributed by atoms with Crippen LogP contribution in [0.2, 0.25) is 0 Å². The first-order valence-electron chi connectivity index (χ1n) is 6.48. The van der Waals surface area contributed by atoms with Crippen LogP contribution in [0, 0.1) is 22.5 Å². The van der Waals surface area contributed by atoms with E-state index in [4.69, 9.17) is 4.74 Å². The number of hydrogen-bond donors (Lipinski definition) is 1. The van der Waals surface area contributed by atoms with Crippen molar-refractivity contribution in [2.75, 3.05) is 0 Å². The molecule has 0 amide bonds. The zero-order chi connectivity index (χ0) is 14.2. The highest BCUT2D eigenvalue weighted by molar-refractivity contribution is 5.44. The predicted molar refractivity (Wildman–Crippen MR) is 71.3 cm³/mol. The molecule has 1 saturated carbocycles. The summed E-state index contributed by atoms with van der Waals surface area (Å²) >= 11 is 0. The first-order chi connectivity index (χ1) is 8.88. The Balaban J connectivity index is 2.13. The number of aryl methyl sites for hydroxylation is 1. The maximum Gasteiger partial charge on any atom is 0.272 e. The standard InChI is InChI=1S/C14H19NO4/c1-4-14(3)12(16)8-13(14)19-10-5-6-11(15(17)18)9(2)7-10/h5-7,12-13,16H,4,8H2,1-3H3. The van der Waals surface area contributed by atoms with Crippen LogP contribution in [-0.4, -0.2) is 22.2 Å². The minimum absolute atomic E-state index is 0.0339. The van der Waals surface area contributed by atoms with Crippen molar-refractivity contribution < 1.29 is 14.8 Å². The van der Waals surface area contributed by atoms with Crippen LogP contribution in [0.4, 0.5) is 5.69 Å². The summed E-state index contributed by atoms with van der Waals surface area (Å²) in [4.78, 5) is 10.3. The van der Waals surface area contributed by atoms with Gasteiger partial charge < -0.3 is 9.84 Å². The second kappa shape index (κ2) is 4.81. The molecule has 5 heteroatoms. The monoisotopic (exact) mass is 265 g/mol. The lowest BCUT2D eigenvalue weighted by atomic mass is 9.63. The fourth-order valence-corrected chi connectivity index (χ4v) is 2.51. The molecule has 0 radical (unpaired) electrons. The quantitative estimate of drug-likeness (QED) is 0.671. The van der Waals surface area contributed by atoms with Crippen molar-refractivity contribution in [2.45, 2.75) is 45.8 Å². The summed E-state index contributed by atoms with van der Waals surface area (Å²) in [6.07, 6.45) is 1.08. The molecule has 1 aliphatic carbocycles. The Hall–Kier alpha value is -1.62. The number of nitro groups is 1. The van der Waals surface area contributed by atoms with Gasteiger partial charge in [-0.25, -0.2) is 0 Å². The van der Waals surface area contributed by atoms with Crippen LogP contribution in [0.5, 0.6) is 5.75 Å². The molecule has 3 atom stereocenters. The van der Waals surface area contributed by atoms with Gasteiger partial charge in [-0.15, -0.1) is 0 Å². The lowest BCUT2D eigenvalue weighted by Crippen LogP contribution is -2.57. The first kappa shape index (κ1) is 13.8. The van der Waals surface area contributed by atoms with Gasteiger partial charge in [-0.3, -0.25) is 10.1 Å². The van der Waals surface area contributed by atoms with Crippen LogP contribution < -0.4 is 4.74 Å². The Labute approximate surface area is 112 Å². The topological polar surface area (TPSA) is 72.6 Å². The molecule has 19 heavy (non-hydrogen) atoms. The number of nitrogens with zero attached hydrogens (tertiary/aromatic N) is 1. The molecule has 1 aliphatic rings. The lowest BCUT2D eigenvalue weighted by Gasteiger charge is -2.50. The Morgan fingerprint density at radius 2 is 2.26 bits per heavy atom. The Bertz CT molecular complexity index is 502. The van der Waals surface area contributed by atoms with E-state index in [1.807, 2.05) is 13.8 Å². The van der Waals surface area contributed by atoms with Crippen LogP contribution in [0.25, 0.3) is 0 Å². The molecular formula is C14H19NO4. The van der Waals surface area contributed by atoms with Gasteiger partial charge in [0.2, 0.25) is 0 Å². The predicted octanol–water partition coefficient (Wildman–Crippen LogP) is 2.83. The molecule has 0 aromatic heterocycles. The Morgan fingerprint density at radius 3 is 2.74 bits per heavy atom. The average molecular weight is 265 g/mol. The summed E-state index contributed by atoms with van der Waals surface area (Å²) in [7, 11) is 0. The normalized spacial score (nSPS) is 29.7. The molecule has 1 aromatic rings. The summed E-state index contributed by atoms with van der Waals surface area (Å²) in [5.74, 6) is 0.625. The zero-order valence-electron chi connectivity index (χ0n) is 11.4. The van der Waals surface area contributed by atoms with Crippen LogP contribution in [0.15, 0.2) is 18.2 Å². The third kappa shape index (κ3) is 2.30. The molecule has 104 valence electrons. The molecular weight excluding hydrogens is 246 g/mol. The minimum Gasteiger partial charge on any atom is -0.490 e. The van der Waals surface area contributed by atoms with Crippen LogP contribution in [0.1, 0.15) is 32.3 Å². The minimum atomic E-state index is -0.400. The van der Waals surface area contributed by atoms with E-state index >= 15 is 0 Å². The van der Waals surface area contributed by atoms with Gasteiger partial charge in [0, 0.05) is 23.5 Å². The number of nitro benzene ring substituents is 1. The second-order valence-corrected chi connectivity index (χ2v) is 5.42. The molecule has 5 nitrogen and oxygen atoms in total. The van der Waals surface area contributed by atoms with Crippen molar-refractivity contribution in [3.63, 3.8) is 0 Å². The third-order valence-electron chi connectivity index (χ3n) is 4.34. The maximum absolute atomic E-state index is 10.7. The fraction of sp³-hybridized carbons (Fsp3) is 0.571. The molecule has 0 heterocycles. The number of benzene rings is 1. The number of ether oxygens (including phenoxy) is 1. The van der Waals surface area contributed by atoms with Crippen molar-refractivity contribution in [3.05, 3.63) is 33.9 Å². The summed E-state index contributed by atoms with van der Waals surface area (Å²) in [6.45, 7) is 5.73. The first-order valence-corrected chi connectivity index (χ1v) is 6.48. The van der Waals surface area contributed by atoms with Gasteiger partial charge >= 0.3 is 0 Å². The molecule has 1 fully saturated rings. The molecule has 3 unspecified atom stereocenters. The number of aliphatic hydroxyl groups is 1. The van der Waals surface area contributed by atoms with Gasteiger partial charge in [0.25, 0.3) is 5.69 Å². The number of hydrogen-bond acceptors (Lipinski definition) is 4. The molecule has 1 N–H and O–H groups in total. The molecule has 0 spiro atoms. The van der Waals surface area contributed by atoms with E-state index in [1.54, 1.807) is 19.1 Å². The van der Waals surface area contributed by atoms with Crippen molar-refractivity contribution in [2.24, 2.45) is 5.41 Å². The SMILES string of the molecule is CCC1(C)C(O)CC1Oc1ccc([N+](=O)[O-])c(C)c1. The fourth-order valence-electron chi connectivity index (χ4n) is 2.51. The third-order valence-corrected chi connectivity index (χ3v) is 4.34. The van der Waals surface area contributed by atoms with E-state index in [0.717, 1.165) is 6.42 Å². The van der Waals surface area contributed by atoms with E-state index in [-0.39, 0.29) is 23.3 Å². The summed E-state index contributed by atoms with van der Waals surface area (Å²) in [5.41, 5.74) is 0.454. The van der Waals surface area contributed by atoms with Gasteiger partial charge in [-0.05, 0) is 25.5 Å². The maximum atomic E-state index is 10.7. The van der Waals surface area contributed by atoms with Gasteiger partial charge in [0.15, 0.2) is 0 Å². The van der Waals surface area contributed by atoms with Crippen molar-refractivity contribution >= 4 is 5.69 Å². The average Bonchev–Trinajstić information content (AvgIpc) is 2.37. The number of rotatable bonds is 4.